The van der Waals surface area contributed by atoms with Crippen LogP contribution in [0.3, 0.4) is 0 Å². The molecule has 1 aromatic rings. The summed E-state index contributed by atoms with van der Waals surface area (Å²) in [4.78, 5) is 4.04. The van der Waals surface area contributed by atoms with E-state index in [0.717, 1.165) is 0 Å². The molecular formula is C13H21N3O3S. The molecule has 1 saturated heterocycles. The van der Waals surface area contributed by atoms with Crippen LogP contribution in [0, 0.1) is 0 Å². The molecule has 1 unspecified atom stereocenters. The first-order chi connectivity index (χ1) is 9.26. The van der Waals surface area contributed by atoms with E-state index in [1.165, 1.54) is 10.5 Å². The summed E-state index contributed by atoms with van der Waals surface area (Å²) >= 11 is 0. The Bertz CT molecular complexity index is 586. The fraction of sp³-hybridized carbons (Fsp3) is 0.615. The maximum atomic E-state index is 12.8. The van der Waals surface area contributed by atoms with E-state index < -0.39 is 15.6 Å². The minimum Gasteiger partial charge on any atom is -0.386 e. The van der Waals surface area contributed by atoms with Gasteiger partial charge in [0.1, 0.15) is 0 Å². The van der Waals surface area contributed by atoms with Gasteiger partial charge in [-0.1, -0.05) is 0 Å². The van der Waals surface area contributed by atoms with Gasteiger partial charge >= 0.3 is 0 Å². The molecular weight excluding hydrogens is 278 g/mol. The molecule has 0 aromatic carbocycles. The SMILES string of the molecule is CNc1cccnc1S(=O)(=O)N1CC(C)OC(C)(C)C1. The van der Waals surface area contributed by atoms with Gasteiger partial charge in [0.2, 0.25) is 0 Å². The molecule has 1 aromatic heterocycles. The average molecular weight is 299 g/mol. The van der Waals surface area contributed by atoms with Gasteiger partial charge in [0, 0.05) is 26.3 Å². The molecule has 1 N–H and O–H groups in total. The van der Waals surface area contributed by atoms with Crippen molar-refractivity contribution in [2.45, 2.75) is 37.5 Å². The zero-order valence-electron chi connectivity index (χ0n) is 12.3. The van der Waals surface area contributed by atoms with E-state index in [1.807, 2.05) is 20.8 Å². The molecule has 7 heteroatoms. The first kappa shape index (κ1) is 15.2. The first-order valence-corrected chi connectivity index (χ1v) is 8.01. The van der Waals surface area contributed by atoms with E-state index in [9.17, 15) is 8.42 Å². The number of morpholine rings is 1. The highest BCUT2D eigenvalue weighted by Gasteiger charge is 2.39. The summed E-state index contributed by atoms with van der Waals surface area (Å²) in [6.45, 7) is 6.32. The maximum absolute atomic E-state index is 12.8. The molecule has 20 heavy (non-hydrogen) atoms. The zero-order chi connectivity index (χ0) is 15.0. The fourth-order valence-corrected chi connectivity index (χ4v) is 4.26. The van der Waals surface area contributed by atoms with Gasteiger partial charge in [-0.15, -0.1) is 0 Å². The smallest absolute Gasteiger partial charge is 0.262 e. The molecule has 0 bridgehead atoms. The van der Waals surface area contributed by atoms with E-state index in [0.29, 0.717) is 18.8 Å². The van der Waals surface area contributed by atoms with E-state index >= 15 is 0 Å². The molecule has 112 valence electrons. The second-order valence-electron chi connectivity index (χ2n) is 5.59. The Morgan fingerprint density at radius 3 is 2.80 bits per heavy atom. The van der Waals surface area contributed by atoms with Crippen LogP contribution in [0.1, 0.15) is 20.8 Å². The van der Waals surface area contributed by atoms with Gasteiger partial charge in [-0.05, 0) is 32.9 Å². The number of hydrogen-bond acceptors (Lipinski definition) is 5. The number of nitrogens with one attached hydrogen (secondary N) is 1. The van der Waals surface area contributed by atoms with Gasteiger partial charge in [0.25, 0.3) is 10.0 Å². The molecule has 0 amide bonds. The largest absolute Gasteiger partial charge is 0.386 e. The van der Waals surface area contributed by atoms with E-state index in [4.69, 9.17) is 4.74 Å². The highest BCUT2D eigenvalue weighted by Crippen LogP contribution is 2.28. The lowest BCUT2D eigenvalue weighted by Crippen LogP contribution is -2.53. The summed E-state index contributed by atoms with van der Waals surface area (Å²) < 4.78 is 32.7. The highest BCUT2D eigenvalue weighted by molar-refractivity contribution is 7.89. The number of pyridine rings is 1. The zero-order valence-corrected chi connectivity index (χ0v) is 13.1. The summed E-state index contributed by atoms with van der Waals surface area (Å²) in [6.07, 6.45) is 1.35. The fourth-order valence-electron chi connectivity index (χ4n) is 2.49. The number of sulfonamides is 1. The van der Waals surface area contributed by atoms with Crippen LogP contribution < -0.4 is 5.32 Å². The van der Waals surface area contributed by atoms with Crippen LogP contribution in [0.4, 0.5) is 5.69 Å². The molecule has 2 rings (SSSR count). The Morgan fingerprint density at radius 2 is 2.20 bits per heavy atom. The molecule has 1 fully saturated rings. The minimum atomic E-state index is -3.63. The quantitative estimate of drug-likeness (QED) is 0.911. The normalized spacial score (nSPS) is 23.5. The van der Waals surface area contributed by atoms with Gasteiger partial charge in [-0.3, -0.25) is 0 Å². The Balaban J connectivity index is 2.39. The standard InChI is InChI=1S/C13H21N3O3S/c1-10-8-16(9-13(2,3)19-10)20(17,18)12-11(14-4)6-5-7-15-12/h5-7,10,14H,8-9H2,1-4H3. The summed E-state index contributed by atoms with van der Waals surface area (Å²) in [5.41, 5.74) is 0.00345. The predicted molar refractivity (Wildman–Crippen MR) is 77.2 cm³/mol. The lowest BCUT2D eigenvalue weighted by Gasteiger charge is -2.40. The molecule has 0 spiro atoms. The molecule has 1 aliphatic heterocycles. The summed E-state index contributed by atoms with van der Waals surface area (Å²) in [7, 11) is -1.95. The molecule has 1 aliphatic rings. The molecule has 0 aliphatic carbocycles. The van der Waals surface area contributed by atoms with Crippen molar-refractivity contribution in [2.75, 3.05) is 25.5 Å². The van der Waals surface area contributed by atoms with E-state index in [-0.39, 0.29) is 11.1 Å². The van der Waals surface area contributed by atoms with Crippen LogP contribution in [-0.2, 0) is 14.8 Å². The summed E-state index contributed by atoms with van der Waals surface area (Å²) in [6, 6.07) is 3.41. The second kappa shape index (κ2) is 5.31. The number of nitrogens with zero attached hydrogens (tertiary/aromatic N) is 2. The van der Waals surface area contributed by atoms with Crippen LogP contribution in [0.15, 0.2) is 23.4 Å². The highest BCUT2D eigenvalue weighted by atomic mass is 32.2. The third-order valence-electron chi connectivity index (χ3n) is 3.16. The minimum absolute atomic E-state index is 0.0624. The average Bonchev–Trinajstić information content (AvgIpc) is 2.36. The Morgan fingerprint density at radius 1 is 1.50 bits per heavy atom. The number of ether oxygens (including phenoxy) is 1. The molecule has 0 saturated carbocycles. The first-order valence-electron chi connectivity index (χ1n) is 6.57. The number of rotatable bonds is 3. The van der Waals surface area contributed by atoms with Crippen LogP contribution >= 0.6 is 0 Å². The van der Waals surface area contributed by atoms with E-state index in [2.05, 4.69) is 10.3 Å². The van der Waals surface area contributed by atoms with Crippen LogP contribution in [0.5, 0.6) is 0 Å². The van der Waals surface area contributed by atoms with Crippen LogP contribution in [0.2, 0.25) is 0 Å². The number of aromatic nitrogens is 1. The molecule has 6 nitrogen and oxygen atoms in total. The van der Waals surface area contributed by atoms with Crippen LogP contribution in [-0.4, -0.2) is 49.5 Å². The number of hydrogen-bond donors (Lipinski definition) is 1. The maximum Gasteiger partial charge on any atom is 0.262 e. The molecule has 2 heterocycles. The Kier molecular flexibility index (Phi) is 4.04. The lowest BCUT2D eigenvalue weighted by molar-refractivity contribution is -0.109. The van der Waals surface area contributed by atoms with Gasteiger partial charge in [0.05, 0.1) is 17.4 Å². The summed E-state index contributed by atoms with van der Waals surface area (Å²) in [5.74, 6) is 0. The second-order valence-corrected chi connectivity index (χ2v) is 7.45. The van der Waals surface area contributed by atoms with Crippen molar-refractivity contribution in [3.63, 3.8) is 0 Å². The van der Waals surface area contributed by atoms with Crippen molar-refractivity contribution in [1.82, 2.24) is 9.29 Å². The van der Waals surface area contributed by atoms with Crippen molar-refractivity contribution in [3.8, 4) is 0 Å². The molecule has 1 atom stereocenters. The van der Waals surface area contributed by atoms with Crippen molar-refractivity contribution in [1.29, 1.82) is 0 Å². The summed E-state index contributed by atoms with van der Waals surface area (Å²) in [5, 5.41) is 2.94. The van der Waals surface area contributed by atoms with Gasteiger partial charge in [-0.2, -0.15) is 4.31 Å². The predicted octanol–water partition coefficient (Wildman–Crippen LogP) is 1.31. The Labute approximate surface area is 120 Å². The third-order valence-corrected chi connectivity index (χ3v) is 4.93. The Hall–Kier alpha value is -1.18. The van der Waals surface area contributed by atoms with Gasteiger partial charge < -0.3 is 10.1 Å². The lowest BCUT2D eigenvalue weighted by atomic mass is 10.1. The van der Waals surface area contributed by atoms with Gasteiger partial charge in [0.15, 0.2) is 5.03 Å². The molecule has 0 radical (unpaired) electrons. The van der Waals surface area contributed by atoms with Crippen molar-refractivity contribution < 1.29 is 13.2 Å². The van der Waals surface area contributed by atoms with Crippen LogP contribution in [0.25, 0.3) is 0 Å². The topological polar surface area (TPSA) is 71.5 Å². The van der Waals surface area contributed by atoms with Crippen molar-refractivity contribution in [3.05, 3.63) is 18.3 Å². The van der Waals surface area contributed by atoms with Gasteiger partial charge in [-0.25, -0.2) is 13.4 Å². The van der Waals surface area contributed by atoms with Crippen molar-refractivity contribution in [2.24, 2.45) is 0 Å². The number of anilines is 1. The monoisotopic (exact) mass is 299 g/mol. The van der Waals surface area contributed by atoms with E-state index in [1.54, 1.807) is 19.2 Å². The van der Waals surface area contributed by atoms with Crippen molar-refractivity contribution >= 4 is 15.7 Å². The third kappa shape index (κ3) is 2.94.